The number of aliphatic hydroxyl groups excluding tert-OH is 1. The van der Waals surface area contributed by atoms with Crippen molar-refractivity contribution in [2.45, 2.75) is 13.0 Å². The number of non-ortho nitro benzene ring substituents is 1. The van der Waals surface area contributed by atoms with Crippen LogP contribution in [-0.4, -0.2) is 33.2 Å². The summed E-state index contributed by atoms with van der Waals surface area (Å²) in [7, 11) is 0. The van der Waals surface area contributed by atoms with Gasteiger partial charge in [0.25, 0.3) is 17.4 Å². The summed E-state index contributed by atoms with van der Waals surface area (Å²) in [5.41, 5.74) is 1.45. The molecular formula is C21H18N2O5. The number of hydrogen-bond acceptors (Lipinski definition) is 5. The van der Waals surface area contributed by atoms with Crippen molar-refractivity contribution in [3.8, 4) is 0 Å². The van der Waals surface area contributed by atoms with Crippen molar-refractivity contribution in [3.63, 3.8) is 0 Å². The van der Waals surface area contributed by atoms with E-state index >= 15 is 0 Å². The normalized spacial score (nSPS) is 18.3. The topological polar surface area (TPSA) is 101 Å². The largest absolute Gasteiger partial charge is 0.507 e. The number of rotatable bonds is 5. The third-order valence-electron chi connectivity index (χ3n) is 4.59. The number of aryl methyl sites for hydroxylation is 1. The molecule has 1 aliphatic heterocycles. The lowest BCUT2D eigenvalue weighted by Gasteiger charge is -2.23. The van der Waals surface area contributed by atoms with Crippen molar-refractivity contribution >= 4 is 23.1 Å². The first-order chi connectivity index (χ1) is 13.3. The van der Waals surface area contributed by atoms with E-state index < -0.39 is 22.7 Å². The van der Waals surface area contributed by atoms with Gasteiger partial charge in [-0.15, -0.1) is 6.58 Å². The van der Waals surface area contributed by atoms with E-state index in [1.165, 1.54) is 29.2 Å². The van der Waals surface area contributed by atoms with Gasteiger partial charge in [-0.05, 0) is 12.5 Å². The molecular weight excluding hydrogens is 360 g/mol. The molecule has 1 fully saturated rings. The van der Waals surface area contributed by atoms with Gasteiger partial charge in [-0.2, -0.15) is 0 Å². The average Bonchev–Trinajstić information content (AvgIpc) is 2.93. The number of benzene rings is 2. The van der Waals surface area contributed by atoms with Crippen molar-refractivity contribution in [1.82, 2.24) is 4.90 Å². The molecule has 1 amide bonds. The maximum atomic E-state index is 12.7. The zero-order chi connectivity index (χ0) is 20.4. The summed E-state index contributed by atoms with van der Waals surface area (Å²) in [5, 5.41) is 22.0. The zero-order valence-corrected chi connectivity index (χ0v) is 15.2. The summed E-state index contributed by atoms with van der Waals surface area (Å²) in [5.74, 6) is -1.94. The first kappa shape index (κ1) is 19.0. The molecule has 0 aromatic heterocycles. The molecule has 28 heavy (non-hydrogen) atoms. The number of nitro benzene ring substituents is 1. The molecule has 0 aliphatic carbocycles. The third kappa shape index (κ3) is 3.29. The molecule has 3 rings (SSSR count). The molecule has 1 heterocycles. The first-order valence-electron chi connectivity index (χ1n) is 8.56. The molecule has 1 N–H and O–H groups in total. The van der Waals surface area contributed by atoms with Crippen LogP contribution in [0.5, 0.6) is 0 Å². The molecule has 7 heteroatoms. The first-order valence-corrected chi connectivity index (χ1v) is 8.56. The third-order valence-corrected chi connectivity index (χ3v) is 4.59. The average molecular weight is 378 g/mol. The predicted octanol–water partition coefficient (Wildman–Crippen LogP) is 3.51. The summed E-state index contributed by atoms with van der Waals surface area (Å²) < 4.78 is 0. The van der Waals surface area contributed by atoms with Crippen LogP contribution in [0, 0.1) is 17.0 Å². The molecule has 0 unspecified atom stereocenters. The van der Waals surface area contributed by atoms with Crippen molar-refractivity contribution in [2.75, 3.05) is 6.54 Å². The van der Waals surface area contributed by atoms with Crippen LogP contribution in [0.1, 0.15) is 22.7 Å². The highest BCUT2D eigenvalue weighted by atomic mass is 16.6. The quantitative estimate of drug-likeness (QED) is 0.214. The Hall–Kier alpha value is -3.74. The summed E-state index contributed by atoms with van der Waals surface area (Å²) in [6.45, 7) is 5.55. The number of hydrogen-bond donors (Lipinski definition) is 1. The second-order valence-electron chi connectivity index (χ2n) is 6.46. The van der Waals surface area contributed by atoms with Gasteiger partial charge in [-0.1, -0.05) is 48.0 Å². The van der Waals surface area contributed by atoms with Crippen molar-refractivity contribution in [1.29, 1.82) is 0 Å². The highest BCUT2D eigenvalue weighted by Crippen LogP contribution is 2.40. The fourth-order valence-corrected chi connectivity index (χ4v) is 3.23. The molecule has 1 atom stereocenters. The van der Waals surface area contributed by atoms with Gasteiger partial charge in [0.15, 0.2) is 0 Å². The van der Waals surface area contributed by atoms with E-state index in [-0.39, 0.29) is 23.6 Å². The number of amides is 1. The van der Waals surface area contributed by atoms with Crippen LogP contribution >= 0.6 is 0 Å². The molecule has 2 aromatic rings. The van der Waals surface area contributed by atoms with Gasteiger partial charge in [0.2, 0.25) is 0 Å². The van der Waals surface area contributed by atoms with Crippen molar-refractivity contribution in [2.24, 2.45) is 0 Å². The number of Topliss-reactive ketones (excluding diaryl/α,β-unsaturated/α-hetero) is 1. The molecule has 1 aliphatic rings. The standard InChI is InChI=1S/C21H18N2O5/c1-3-11-22-18(15-5-4-6-16(12-15)23(27)28)17(20(25)21(22)26)19(24)14-9-7-13(2)8-10-14/h3-10,12,18,24H,1,11H2,2H3/b19-17+/t18-/m0/s1. The second-order valence-corrected chi connectivity index (χ2v) is 6.46. The van der Waals surface area contributed by atoms with Crippen LogP contribution in [0.3, 0.4) is 0 Å². The lowest BCUT2D eigenvalue weighted by molar-refractivity contribution is -0.384. The maximum Gasteiger partial charge on any atom is 0.295 e. The van der Waals surface area contributed by atoms with E-state index in [2.05, 4.69) is 6.58 Å². The minimum absolute atomic E-state index is 0.0581. The Morgan fingerprint density at radius 2 is 1.93 bits per heavy atom. The summed E-state index contributed by atoms with van der Waals surface area (Å²) >= 11 is 0. The lowest BCUT2D eigenvalue weighted by Crippen LogP contribution is -2.29. The fourth-order valence-electron chi connectivity index (χ4n) is 3.23. The Bertz CT molecular complexity index is 1010. The SMILES string of the molecule is C=CCN1C(=O)C(=O)/C(=C(/O)c2ccc(C)cc2)[C@@H]1c1cccc([N+](=O)[O-])c1. The molecule has 0 spiro atoms. The molecule has 0 radical (unpaired) electrons. The minimum atomic E-state index is -0.945. The Labute approximate surface area is 161 Å². The summed E-state index contributed by atoms with van der Waals surface area (Å²) in [6, 6.07) is 11.6. The Morgan fingerprint density at radius 3 is 2.54 bits per heavy atom. The van der Waals surface area contributed by atoms with Crippen LogP contribution in [0.25, 0.3) is 5.76 Å². The van der Waals surface area contributed by atoms with Crippen molar-refractivity contribution in [3.05, 3.63) is 93.6 Å². The van der Waals surface area contributed by atoms with Crippen molar-refractivity contribution < 1.29 is 19.6 Å². The van der Waals surface area contributed by atoms with Crippen LogP contribution in [0.15, 0.2) is 66.8 Å². The van der Waals surface area contributed by atoms with Crippen LogP contribution in [0.2, 0.25) is 0 Å². The van der Waals surface area contributed by atoms with E-state index in [1.54, 1.807) is 30.3 Å². The number of ketones is 1. The fraction of sp³-hybridized carbons (Fsp3) is 0.143. The van der Waals surface area contributed by atoms with Gasteiger partial charge in [-0.25, -0.2) is 0 Å². The van der Waals surface area contributed by atoms with Crippen LogP contribution in [0.4, 0.5) is 5.69 Å². The van der Waals surface area contributed by atoms with Gasteiger partial charge in [-0.3, -0.25) is 19.7 Å². The Balaban J connectivity index is 2.22. The molecule has 1 saturated heterocycles. The number of aliphatic hydroxyl groups is 1. The van der Waals surface area contributed by atoms with Gasteiger partial charge < -0.3 is 10.0 Å². The predicted molar refractivity (Wildman–Crippen MR) is 103 cm³/mol. The highest BCUT2D eigenvalue weighted by Gasteiger charge is 2.45. The smallest absolute Gasteiger partial charge is 0.295 e. The number of nitro groups is 1. The second kappa shape index (κ2) is 7.48. The number of likely N-dealkylation sites (tertiary alicyclic amines) is 1. The number of carbonyl (C=O) groups is 2. The van der Waals surface area contributed by atoms with Gasteiger partial charge in [0, 0.05) is 24.2 Å². The summed E-state index contributed by atoms with van der Waals surface area (Å²) in [4.78, 5) is 37.1. The monoisotopic (exact) mass is 378 g/mol. The minimum Gasteiger partial charge on any atom is -0.507 e. The molecule has 0 bridgehead atoms. The van der Waals surface area contributed by atoms with Crippen LogP contribution < -0.4 is 0 Å². The van der Waals surface area contributed by atoms with Gasteiger partial charge >= 0.3 is 0 Å². The maximum absolute atomic E-state index is 12.7. The van der Waals surface area contributed by atoms with E-state index in [9.17, 15) is 24.8 Å². The molecule has 2 aromatic carbocycles. The molecule has 7 nitrogen and oxygen atoms in total. The van der Waals surface area contributed by atoms with E-state index in [0.717, 1.165) is 5.56 Å². The Morgan fingerprint density at radius 1 is 1.25 bits per heavy atom. The highest BCUT2D eigenvalue weighted by molar-refractivity contribution is 6.46. The zero-order valence-electron chi connectivity index (χ0n) is 15.2. The van der Waals surface area contributed by atoms with E-state index in [1.807, 2.05) is 6.92 Å². The molecule has 0 saturated carbocycles. The van der Waals surface area contributed by atoms with Gasteiger partial charge in [0.05, 0.1) is 16.5 Å². The van der Waals surface area contributed by atoms with E-state index in [4.69, 9.17) is 0 Å². The van der Waals surface area contributed by atoms with Crippen LogP contribution in [-0.2, 0) is 9.59 Å². The Kier molecular flexibility index (Phi) is 5.08. The number of carbonyl (C=O) groups excluding carboxylic acids is 2. The number of nitrogens with zero attached hydrogens (tertiary/aromatic N) is 2. The van der Waals surface area contributed by atoms with E-state index in [0.29, 0.717) is 11.1 Å². The summed E-state index contributed by atoms with van der Waals surface area (Å²) in [6.07, 6.45) is 1.46. The lowest BCUT2D eigenvalue weighted by atomic mass is 9.95. The molecule has 142 valence electrons. The van der Waals surface area contributed by atoms with Gasteiger partial charge in [0.1, 0.15) is 5.76 Å².